The van der Waals surface area contributed by atoms with Gasteiger partial charge in [-0.25, -0.2) is 4.79 Å². The zero-order chi connectivity index (χ0) is 23.4. The molecule has 1 saturated heterocycles. The molecule has 3 rings (SSSR count). The summed E-state index contributed by atoms with van der Waals surface area (Å²) < 4.78 is 8.11. The Balaban J connectivity index is 2.03. The number of hydrogen-bond acceptors (Lipinski definition) is 7. The number of carboxylic acids is 1. The largest absolute Gasteiger partial charge is 0.497 e. The van der Waals surface area contributed by atoms with Crippen molar-refractivity contribution in [2.45, 2.75) is 42.9 Å². The van der Waals surface area contributed by atoms with Crippen LogP contribution in [0.15, 0.2) is 41.0 Å². The van der Waals surface area contributed by atoms with Crippen LogP contribution in [0.4, 0.5) is 0 Å². The fourth-order valence-corrected chi connectivity index (χ4v) is 5.64. The van der Waals surface area contributed by atoms with Crippen LogP contribution in [0.1, 0.15) is 38.2 Å². The first kappa shape index (κ1) is 24.5. The van der Waals surface area contributed by atoms with Crippen LogP contribution in [-0.4, -0.2) is 66.5 Å². The van der Waals surface area contributed by atoms with Gasteiger partial charge in [0.25, 0.3) is 0 Å². The lowest BCUT2D eigenvalue weighted by atomic mass is 9.81. The van der Waals surface area contributed by atoms with Crippen LogP contribution in [-0.2, 0) is 10.3 Å². The summed E-state index contributed by atoms with van der Waals surface area (Å²) in [5.41, 5.74) is -0.443. The number of fused-ring (bicyclic) bond motifs is 1. The molecule has 7 nitrogen and oxygen atoms in total. The lowest BCUT2D eigenvalue weighted by Gasteiger charge is -2.46. The first-order chi connectivity index (χ1) is 15.3. The Kier molecular flexibility index (Phi) is 7.79. The molecule has 1 N–H and O–H groups in total. The Morgan fingerprint density at radius 2 is 1.91 bits per heavy atom. The van der Waals surface area contributed by atoms with Crippen LogP contribution in [0.2, 0.25) is 0 Å². The van der Waals surface area contributed by atoms with Gasteiger partial charge in [0.2, 0.25) is 0 Å². The third-order valence-corrected chi connectivity index (χ3v) is 7.80. The Hall–Kier alpha value is -2.16. The minimum absolute atomic E-state index is 0.387. The number of ether oxygens (including phenoxy) is 1. The van der Waals surface area contributed by atoms with Gasteiger partial charge in [0, 0.05) is 23.1 Å². The average Bonchev–Trinajstić information content (AvgIpc) is 2.78. The second kappa shape index (κ2) is 10.2. The molecule has 0 aliphatic carbocycles. The van der Waals surface area contributed by atoms with E-state index < -0.39 is 11.5 Å². The first-order valence-corrected chi connectivity index (χ1v) is 11.8. The number of carboxylic acid groups (broad SMARTS) is 1. The Morgan fingerprint density at radius 3 is 2.50 bits per heavy atom. The van der Waals surface area contributed by atoms with E-state index in [-0.39, 0.29) is 4.75 Å². The predicted octanol–water partition coefficient (Wildman–Crippen LogP) is 4.74. The molecule has 2 aromatic carbocycles. The molecule has 1 fully saturated rings. The number of likely N-dealkylation sites (N-methyl/N-ethyl adjacent to an activating group) is 1. The van der Waals surface area contributed by atoms with E-state index in [0.29, 0.717) is 19.4 Å². The highest BCUT2D eigenvalue weighted by atomic mass is 32.2. The normalized spacial score (nSPS) is 18.4. The van der Waals surface area contributed by atoms with Crippen LogP contribution in [0.3, 0.4) is 0 Å². The van der Waals surface area contributed by atoms with Crippen molar-refractivity contribution in [1.29, 1.82) is 0 Å². The van der Waals surface area contributed by atoms with Gasteiger partial charge in [-0.2, -0.15) is 0 Å². The number of piperidine rings is 1. The van der Waals surface area contributed by atoms with Crippen LogP contribution in [0.5, 0.6) is 5.75 Å². The lowest BCUT2D eigenvalue weighted by Crippen LogP contribution is -2.56. The van der Waals surface area contributed by atoms with Crippen molar-refractivity contribution in [3.8, 4) is 5.75 Å². The van der Waals surface area contributed by atoms with Gasteiger partial charge in [-0.1, -0.05) is 31.5 Å². The number of benzene rings is 2. The molecule has 0 bridgehead atoms. The molecule has 8 heteroatoms. The highest BCUT2D eigenvalue weighted by Gasteiger charge is 2.47. The number of nitrogens with zero attached hydrogens (tertiary/aromatic N) is 3. The highest BCUT2D eigenvalue weighted by Crippen LogP contribution is 2.42. The molecule has 0 aromatic heterocycles. The molecular formula is C24H33N3O4S. The van der Waals surface area contributed by atoms with Gasteiger partial charge in [0.05, 0.1) is 11.9 Å². The van der Waals surface area contributed by atoms with E-state index in [4.69, 9.17) is 4.74 Å². The van der Waals surface area contributed by atoms with Crippen molar-refractivity contribution in [3.63, 3.8) is 0 Å². The summed E-state index contributed by atoms with van der Waals surface area (Å²) in [4.78, 5) is 28.3. The minimum Gasteiger partial charge on any atom is -0.497 e. The molecule has 0 radical (unpaired) electrons. The third-order valence-electron chi connectivity index (χ3n) is 6.80. The second-order valence-corrected chi connectivity index (χ2v) is 10.0. The molecule has 1 atom stereocenters. The van der Waals surface area contributed by atoms with E-state index in [1.165, 1.54) is 0 Å². The first-order valence-electron chi connectivity index (χ1n) is 11.0. The van der Waals surface area contributed by atoms with Gasteiger partial charge in [-0.15, -0.1) is 4.91 Å². The zero-order valence-corrected chi connectivity index (χ0v) is 20.2. The molecular weight excluding hydrogens is 426 g/mol. The van der Waals surface area contributed by atoms with Crippen molar-refractivity contribution in [3.05, 3.63) is 46.9 Å². The molecule has 0 unspecified atom stereocenters. The summed E-state index contributed by atoms with van der Waals surface area (Å²) in [5.74, 6) is -0.107. The maximum atomic E-state index is 12.9. The van der Waals surface area contributed by atoms with Gasteiger partial charge in [0.1, 0.15) is 11.3 Å². The number of carbonyl (C=O) groups is 1. The summed E-state index contributed by atoms with van der Waals surface area (Å²) in [6.45, 7) is 4.21. The fraction of sp³-hybridized carbons (Fsp3) is 0.542. The summed E-state index contributed by atoms with van der Waals surface area (Å²) in [6.07, 6.45) is 2.77. The van der Waals surface area contributed by atoms with Gasteiger partial charge in [-0.3, -0.25) is 4.90 Å². The Morgan fingerprint density at radius 1 is 1.25 bits per heavy atom. The predicted molar refractivity (Wildman–Crippen MR) is 130 cm³/mol. The number of nitroso groups, excluding NO2 is 1. The van der Waals surface area contributed by atoms with E-state index in [2.05, 4.69) is 16.5 Å². The molecule has 2 aromatic rings. The Labute approximate surface area is 194 Å². The summed E-state index contributed by atoms with van der Waals surface area (Å²) >= 11 is 1.07. The van der Waals surface area contributed by atoms with E-state index >= 15 is 0 Å². The van der Waals surface area contributed by atoms with Crippen molar-refractivity contribution in [1.82, 2.24) is 9.80 Å². The van der Waals surface area contributed by atoms with Crippen LogP contribution < -0.4 is 4.74 Å². The topological polar surface area (TPSA) is 82.4 Å². The standard InChI is InChI=1S/C24H33N3O4S/c1-5-10-24(22(28)29,20-8-6-19-16-21(31-4)9-7-18(19)15-20)27(3)17-23(32-25-30)11-13-26(2)14-12-23/h6-9,15-16H,5,10-14,17H2,1-4H3,(H,28,29)/t24-/m0/s1. The van der Waals surface area contributed by atoms with E-state index in [1.807, 2.05) is 55.3 Å². The lowest BCUT2D eigenvalue weighted by molar-refractivity contribution is -0.152. The van der Waals surface area contributed by atoms with E-state index in [0.717, 1.165) is 60.0 Å². The van der Waals surface area contributed by atoms with Crippen molar-refractivity contribution < 1.29 is 14.6 Å². The summed E-state index contributed by atoms with van der Waals surface area (Å²) in [6, 6.07) is 11.6. The molecule has 1 aliphatic heterocycles. The van der Waals surface area contributed by atoms with E-state index in [1.54, 1.807) is 7.11 Å². The fourth-order valence-electron chi connectivity index (χ4n) is 4.87. The van der Waals surface area contributed by atoms with Crippen molar-refractivity contribution in [2.75, 3.05) is 40.8 Å². The quantitative estimate of drug-likeness (QED) is 0.406. The average molecular weight is 460 g/mol. The maximum Gasteiger partial charge on any atom is 0.328 e. The van der Waals surface area contributed by atoms with Gasteiger partial charge >= 0.3 is 5.97 Å². The second-order valence-electron chi connectivity index (χ2n) is 8.85. The van der Waals surface area contributed by atoms with Crippen LogP contribution in [0.25, 0.3) is 10.8 Å². The van der Waals surface area contributed by atoms with Gasteiger partial charge in [-0.05, 0) is 81.0 Å². The van der Waals surface area contributed by atoms with Crippen LogP contribution >= 0.6 is 11.9 Å². The molecule has 174 valence electrons. The van der Waals surface area contributed by atoms with Gasteiger partial charge in [0.15, 0.2) is 0 Å². The number of rotatable bonds is 10. The van der Waals surface area contributed by atoms with Crippen LogP contribution in [0, 0.1) is 4.91 Å². The smallest absolute Gasteiger partial charge is 0.328 e. The van der Waals surface area contributed by atoms with Crippen molar-refractivity contribution in [2.24, 2.45) is 4.58 Å². The monoisotopic (exact) mass is 459 g/mol. The maximum absolute atomic E-state index is 12.9. The molecule has 0 saturated carbocycles. The number of hydrogen-bond donors (Lipinski definition) is 1. The molecule has 1 aliphatic rings. The number of aliphatic carboxylic acids is 1. The number of methoxy groups -OCH3 is 1. The molecule has 0 amide bonds. The number of likely N-dealkylation sites (tertiary alicyclic amines) is 1. The summed E-state index contributed by atoms with van der Waals surface area (Å²) in [7, 11) is 5.56. The third kappa shape index (κ3) is 4.77. The van der Waals surface area contributed by atoms with Crippen molar-refractivity contribution >= 4 is 28.7 Å². The Bertz CT molecular complexity index is 961. The van der Waals surface area contributed by atoms with E-state index in [9.17, 15) is 14.8 Å². The molecule has 32 heavy (non-hydrogen) atoms. The van der Waals surface area contributed by atoms with Gasteiger partial charge < -0.3 is 14.7 Å². The zero-order valence-electron chi connectivity index (χ0n) is 19.3. The molecule has 0 spiro atoms. The highest BCUT2D eigenvalue weighted by molar-refractivity contribution is 7.99. The summed E-state index contributed by atoms with van der Waals surface area (Å²) in [5, 5.41) is 12.5. The SMILES string of the molecule is CCC[C@@](C(=O)O)(c1ccc2cc(OC)ccc2c1)N(C)CC1(SN=O)CCN(C)CC1. The minimum atomic E-state index is -1.19. The molecule has 1 heterocycles.